The number of benzene rings is 3. The Morgan fingerprint density at radius 3 is 2.52 bits per heavy atom. The second-order valence-electron chi connectivity index (χ2n) is 6.43. The molecule has 31 heavy (non-hydrogen) atoms. The Kier molecular flexibility index (Phi) is 6.12. The van der Waals surface area contributed by atoms with Crippen LogP contribution in [-0.2, 0) is 14.8 Å². The molecule has 6 nitrogen and oxygen atoms in total. The number of carbonyl (C=O) groups is 1. The number of hydrogen-bond donors (Lipinski definition) is 1. The van der Waals surface area contributed by atoms with Crippen LogP contribution in [0.1, 0.15) is 0 Å². The molecular weight excluding hydrogens is 505 g/mol. The van der Waals surface area contributed by atoms with Crippen LogP contribution in [0.2, 0.25) is 0 Å². The number of carbonyl (C=O) groups excluding carboxylic acids is 1. The summed E-state index contributed by atoms with van der Waals surface area (Å²) in [5.41, 5.74) is 0.941. The van der Waals surface area contributed by atoms with E-state index in [0.29, 0.717) is 15.5 Å². The molecule has 0 saturated carbocycles. The van der Waals surface area contributed by atoms with E-state index in [2.05, 4.69) is 26.2 Å². The summed E-state index contributed by atoms with van der Waals surface area (Å²) in [4.78, 5) is 16.9. The molecule has 3 aromatic carbocycles. The molecule has 0 atom stereocenters. The molecule has 1 heterocycles. The topological polar surface area (TPSA) is 81.1 Å². The molecule has 0 unspecified atom stereocenters. The summed E-state index contributed by atoms with van der Waals surface area (Å²) in [6.07, 6.45) is 0. The SMILES string of the molecule is O=C(CSc1nc2ccccc2n1S(=O)(=O)c1ccccc1)Nc1ccc(Br)cc1F. The molecule has 158 valence electrons. The van der Waals surface area contributed by atoms with Gasteiger partial charge in [-0.05, 0) is 42.5 Å². The fraction of sp³-hybridized carbons (Fsp3) is 0.0476. The van der Waals surface area contributed by atoms with E-state index in [-0.39, 0.29) is 21.5 Å². The molecule has 4 aromatic rings. The standard InChI is InChI=1S/C21H15BrFN3O3S2/c22-14-10-11-17(16(23)12-14)24-20(27)13-30-21-25-18-8-4-5-9-19(18)26(21)31(28,29)15-6-2-1-3-7-15/h1-12H,13H2,(H,24,27). The van der Waals surface area contributed by atoms with Crippen LogP contribution in [0.25, 0.3) is 11.0 Å². The molecular formula is C21H15BrFN3O3S2. The summed E-state index contributed by atoms with van der Waals surface area (Å²) in [6, 6.07) is 19.1. The molecule has 1 aromatic heterocycles. The van der Waals surface area contributed by atoms with Gasteiger partial charge in [0.05, 0.1) is 27.4 Å². The van der Waals surface area contributed by atoms with Gasteiger partial charge in [0.1, 0.15) is 5.82 Å². The minimum Gasteiger partial charge on any atom is -0.323 e. The van der Waals surface area contributed by atoms with E-state index in [4.69, 9.17) is 0 Å². The van der Waals surface area contributed by atoms with Gasteiger partial charge in [0.25, 0.3) is 10.0 Å². The first kappa shape index (κ1) is 21.5. The van der Waals surface area contributed by atoms with Crippen molar-refractivity contribution in [2.24, 2.45) is 0 Å². The Balaban J connectivity index is 1.64. The number of halogens is 2. The quantitative estimate of drug-likeness (QED) is 0.366. The molecule has 4 rings (SSSR count). The third kappa shape index (κ3) is 4.51. The summed E-state index contributed by atoms with van der Waals surface area (Å²) in [7, 11) is -3.93. The average Bonchev–Trinajstić information content (AvgIpc) is 3.14. The van der Waals surface area contributed by atoms with E-state index >= 15 is 0 Å². The zero-order valence-corrected chi connectivity index (χ0v) is 19.0. The summed E-state index contributed by atoms with van der Waals surface area (Å²) in [5, 5.41) is 2.64. The molecule has 10 heteroatoms. The summed E-state index contributed by atoms with van der Waals surface area (Å²) in [5.74, 6) is -1.21. The van der Waals surface area contributed by atoms with Crippen molar-refractivity contribution < 1.29 is 17.6 Å². The first-order valence-corrected chi connectivity index (χ1v) is 12.2. The van der Waals surface area contributed by atoms with Crippen molar-refractivity contribution in [1.29, 1.82) is 0 Å². The van der Waals surface area contributed by atoms with Crippen molar-refractivity contribution in [3.63, 3.8) is 0 Å². The maximum atomic E-state index is 14.0. The summed E-state index contributed by atoms with van der Waals surface area (Å²) in [6.45, 7) is 0. The minimum absolute atomic E-state index is 0.0409. The van der Waals surface area contributed by atoms with Gasteiger partial charge in [0.15, 0.2) is 5.16 Å². The number of para-hydroxylation sites is 2. The lowest BCUT2D eigenvalue weighted by Crippen LogP contribution is -2.17. The van der Waals surface area contributed by atoms with Gasteiger partial charge in [0.2, 0.25) is 5.91 Å². The predicted octanol–water partition coefficient (Wildman–Crippen LogP) is 4.91. The van der Waals surface area contributed by atoms with Crippen molar-refractivity contribution in [3.8, 4) is 0 Å². The van der Waals surface area contributed by atoms with Gasteiger partial charge >= 0.3 is 0 Å². The molecule has 0 radical (unpaired) electrons. The molecule has 0 saturated heterocycles. The van der Waals surface area contributed by atoms with Crippen LogP contribution < -0.4 is 5.32 Å². The predicted molar refractivity (Wildman–Crippen MR) is 122 cm³/mol. The van der Waals surface area contributed by atoms with Crippen molar-refractivity contribution >= 4 is 60.3 Å². The van der Waals surface area contributed by atoms with Gasteiger partial charge in [-0.25, -0.2) is 21.8 Å². The maximum absolute atomic E-state index is 14.0. The molecule has 0 fully saturated rings. The number of anilines is 1. The van der Waals surface area contributed by atoms with Crippen LogP contribution in [0.15, 0.2) is 87.3 Å². The van der Waals surface area contributed by atoms with Crippen molar-refractivity contribution in [1.82, 2.24) is 8.96 Å². The number of hydrogen-bond acceptors (Lipinski definition) is 5. The fourth-order valence-electron chi connectivity index (χ4n) is 2.91. The normalized spacial score (nSPS) is 11.5. The highest BCUT2D eigenvalue weighted by atomic mass is 79.9. The Morgan fingerprint density at radius 2 is 1.77 bits per heavy atom. The van der Waals surface area contributed by atoms with Gasteiger partial charge in [-0.3, -0.25) is 4.79 Å². The van der Waals surface area contributed by atoms with Crippen LogP contribution in [0.3, 0.4) is 0 Å². The first-order valence-electron chi connectivity index (χ1n) is 9.02. The average molecular weight is 520 g/mol. The zero-order valence-electron chi connectivity index (χ0n) is 15.8. The highest BCUT2D eigenvalue weighted by molar-refractivity contribution is 9.10. The van der Waals surface area contributed by atoms with Gasteiger partial charge in [-0.15, -0.1) is 0 Å². The van der Waals surface area contributed by atoms with Crippen LogP contribution in [0, 0.1) is 5.82 Å². The lowest BCUT2D eigenvalue weighted by Gasteiger charge is -2.10. The Hall–Kier alpha value is -2.69. The largest absolute Gasteiger partial charge is 0.323 e. The van der Waals surface area contributed by atoms with Crippen molar-refractivity contribution in [2.45, 2.75) is 10.1 Å². The number of imidazole rings is 1. The van der Waals surface area contributed by atoms with Gasteiger partial charge in [0, 0.05) is 4.47 Å². The molecule has 0 aliphatic heterocycles. The number of amides is 1. The summed E-state index contributed by atoms with van der Waals surface area (Å²) >= 11 is 4.12. The third-order valence-electron chi connectivity index (χ3n) is 4.31. The number of aromatic nitrogens is 2. The number of nitrogens with zero attached hydrogens (tertiary/aromatic N) is 2. The Bertz CT molecular complexity index is 1380. The number of fused-ring (bicyclic) bond motifs is 1. The smallest absolute Gasteiger partial charge is 0.270 e. The molecule has 0 aliphatic rings. The molecule has 1 N–H and O–H groups in total. The Morgan fingerprint density at radius 1 is 1.06 bits per heavy atom. The minimum atomic E-state index is -3.93. The van der Waals surface area contributed by atoms with Crippen LogP contribution >= 0.6 is 27.7 Å². The van der Waals surface area contributed by atoms with E-state index in [1.165, 1.54) is 24.3 Å². The second kappa shape index (κ2) is 8.81. The number of thioether (sulfide) groups is 1. The number of rotatable bonds is 6. The van der Waals surface area contributed by atoms with E-state index in [1.54, 1.807) is 48.5 Å². The van der Waals surface area contributed by atoms with Crippen molar-refractivity contribution in [2.75, 3.05) is 11.1 Å². The highest BCUT2D eigenvalue weighted by Gasteiger charge is 2.25. The lowest BCUT2D eigenvalue weighted by molar-refractivity contribution is -0.113. The van der Waals surface area contributed by atoms with Gasteiger partial charge in [-0.2, -0.15) is 0 Å². The van der Waals surface area contributed by atoms with Crippen LogP contribution in [-0.4, -0.2) is 29.0 Å². The van der Waals surface area contributed by atoms with Crippen LogP contribution in [0.5, 0.6) is 0 Å². The molecule has 1 amide bonds. The maximum Gasteiger partial charge on any atom is 0.270 e. The second-order valence-corrected chi connectivity index (χ2v) is 10.1. The monoisotopic (exact) mass is 519 g/mol. The van der Waals surface area contributed by atoms with Crippen molar-refractivity contribution in [3.05, 3.63) is 83.1 Å². The van der Waals surface area contributed by atoms with E-state index in [9.17, 15) is 17.6 Å². The van der Waals surface area contributed by atoms with Crippen LogP contribution in [0.4, 0.5) is 10.1 Å². The fourth-order valence-corrected chi connectivity index (χ4v) is 5.78. The Labute approximate surface area is 190 Å². The third-order valence-corrected chi connectivity index (χ3v) is 7.58. The van der Waals surface area contributed by atoms with Gasteiger partial charge in [-0.1, -0.05) is 58.0 Å². The summed E-state index contributed by atoms with van der Waals surface area (Å²) < 4.78 is 42.3. The van der Waals surface area contributed by atoms with Gasteiger partial charge < -0.3 is 5.32 Å². The molecule has 0 spiro atoms. The first-order chi connectivity index (χ1) is 14.9. The lowest BCUT2D eigenvalue weighted by atomic mass is 10.3. The highest BCUT2D eigenvalue weighted by Crippen LogP contribution is 2.29. The number of nitrogens with one attached hydrogen (secondary N) is 1. The van der Waals surface area contributed by atoms with E-state index in [1.807, 2.05) is 0 Å². The van der Waals surface area contributed by atoms with E-state index < -0.39 is 21.7 Å². The zero-order chi connectivity index (χ0) is 22.0. The molecule has 0 aliphatic carbocycles. The molecule has 0 bridgehead atoms. The van der Waals surface area contributed by atoms with E-state index in [0.717, 1.165) is 15.7 Å².